The van der Waals surface area contributed by atoms with Gasteiger partial charge in [-0.2, -0.15) is 0 Å². The van der Waals surface area contributed by atoms with Gasteiger partial charge in [-0.25, -0.2) is 4.68 Å². The van der Waals surface area contributed by atoms with Crippen molar-refractivity contribution in [3.05, 3.63) is 40.1 Å². The van der Waals surface area contributed by atoms with Crippen molar-refractivity contribution in [1.82, 2.24) is 15.0 Å². The lowest BCUT2D eigenvalue weighted by atomic mass is 10.3. The summed E-state index contributed by atoms with van der Waals surface area (Å²) in [5, 5.41) is 8.90. The third kappa shape index (κ3) is 2.28. The standard InChI is InChI=1S/C9H8Cl2N4/c10-6-1-7(11)3-9(2-6)15-5-8(4-12)13-14-15/h1-3,5H,4,12H2. The SMILES string of the molecule is NCc1cn(-c2cc(Cl)cc(Cl)c2)nn1. The minimum atomic E-state index is 0.355. The van der Waals surface area contributed by atoms with Crippen molar-refractivity contribution >= 4 is 23.2 Å². The molecule has 0 atom stereocenters. The predicted molar refractivity (Wildman–Crippen MR) is 59.3 cm³/mol. The van der Waals surface area contributed by atoms with Crippen LogP contribution in [-0.4, -0.2) is 15.0 Å². The lowest BCUT2D eigenvalue weighted by molar-refractivity contribution is 0.797. The molecule has 0 saturated carbocycles. The fourth-order valence-corrected chi connectivity index (χ4v) is 1.70. The van der Waals surface area contributed by atoms with Crippen LogP contribution in [0.1, 0.15) is 5.69 Å². The van der Waals surface area contributed by atoms with Crippen molar-refractivity contribution in [1.29, 1.82) is 0 Å². The number of halogens is 2. The Labute approximate surface area is 96.6 Å². The molecule has 0 radical (unpaired) electrons. The largest absolute Gasteiger partial charge is 0.325 e. The molecule has 0 bridgehead atoms. The van der Waals surface area contributed by atoms with Crippen molar-refractivity contribution in [2.75, 3.05) is 0 Å². The van der Waals surface area contributed by atoms with Gasteiger partial charge in [-0.1, -0.05) is 28.4 Å². The van der Waals surface area contributed by atoms with Crippen LogP contribution in [0.2, 0.25) is 10.0 Å². The summed E-state index contributed by atoms with van der Waals surface area (Å²) in [6, 6.07) is 5.16. The molecule has 78 valence electrons. The number of hydrogen-bond acceptors (Lipinski definition) is 3. The number of rotatable bonds is 2. The molecule has 0 unspecified atom stereocenters. The molecule has 0 aliphatic rings. The molecular weight excluding hydrogens is 235 g/mol. The predicted octanol–water partition coefficient (Wildman–Crippen LogP) is 2.03. The van der Waals surface area contributed by atoms with Crippen LogP contribution in [0.3, 0.4) is 0 Å². The number of nitrogens with two attached hydrogens (primary N) is 1. The third-order valence-electron chi connectivity index (χ3n) is 1.86. The normalized spacial score (nSPS) is 10.6. The summed E-state index contributed by atoms with van der Waals surface area (Å²) in [6.07, 6.45) is 1.74. The van der Waals surface area contributed by atoms with Crippen LogP contribution in [0.15, 0.2) is 24.4 Å². The van der Waals surface area contributed by atoms with Gasteiger partial charge in [-0.05, 0) is 18.2 Å². The van der Waals surface area contributed by atoms with E-state index in [9.17, 15) is 0 Å². The maximum atomic E-state index is 5.87. The lowest BCUT2D eigenvalue weighted by Gasteiger charge is -2.01. The average Bonchev–Trinajstić information content (AvgIpc) is 2.64. The monoisotopic (exact) mass is 242 g/mol. The third-order valence-corrected chi connectivity index (χ3v) is 2.30. The summed E-state index contributed by atoms with van der Waals surface area (Å²) in [6.45, 7) is 0.355. The van der Waals surface area contributed by atoms with Gasteiger partial charge in [0, 0.05) is 16.6 Å². The quantitative estimate of drug-likeness (QED) is 0.877. The summed E-state index contributed by atoms with van der Waals surface area (Å²) in [4.78, 5) is 0. The highest BCUT2D eigenvalue weighted by Gasteiger charge is 2.03. The zero-order chi connectivity index (χ0) is 10.8. The number of aromatic nitrogens is 3. The highest BCUT2D eigenvalue weighted by Crippen LogP contribution is 2.21. The molecule has 1 aromatic carbocycles. The van der Waals surface area contributed by atoms with Crippen LogP contribution in [0.25, 0.3) is 5.69 Å². The second-order valence-corrected chi connectivity index (χ2v) is 3.86. The molecule has 1 heterocycles. The topological polar surface area (TPSA) is 56.7 Å². The Morgan fingerprint density at radius 3 is 2.40 bits per heavy atom. The highest BCUT2D eigenvalue weighted by atomic mass is 35.5. The Morgan fingerprint density at radius 2 is 1.87 bits per heavy atom. The van der Waals surface area contributed by atoms with Crippen LogP contribution >= 0.6 is 23.2 Å². The summed E-state index contributed by atoms with van der Waals surface area (Å²) >= 11 is 11.7. The van der Waals surface area contributed by atoms with Crippen LogP contribution in [0, 0.1) is 0 Å². The van der Waals surface area contributed by atoms with Crippen LogP contribution in [0.5, 0.6) is 0 Å². The molecule has 15 heavy (non-hydrogen) atoms. The molecule has 2 N–H and O–H groups in total. The summed E-state index contributed by atoms with van der Waals surface area (Å²) in [5.41, 5.74) is 6.91. The van der Waals surface area contributed by atoms with Gasteiger partial charge in [0.25, 0.3) is 0 Å². The van der Waals surface area contributed by atoms with Gasteiger partial charge in [0.15, 0.2) is 0 Å². The maximum Gasteiger partial charge on any atom is 0.0967 e. The molecule has 0 aliphatic heterocycles. The van der Waals surface area contributed by atoms with Crippen molar-refractivity contribution < 1.29 is 0 Å². The van der Waals surface area contributed by atoms with Crippen molar-refractivity contribution in [3.8, 4) is 5.69 Å². The van der Waals surface area contributed by atoms with Gasteiger partial charge in [0.2, 0.25) is 0 Å². The molecule has 0 amide bonds. The molecule has 4 nitrogen and oxygen atoms in total. The fraction of sp³-hybridized carbons (Fsp3) is 0.111. The first kappa shape index (κ1) is 10.4. The first-order chi connectivity index (χ1) is 7.19. The maximum absolute atomic E-state index is 5.87. The molecule has 6 heteroatoms. The number of hydrogen-bond donors (Lipinski definition) is 1. The Morgan fingerprint density at radius 1 is 1.20 bits per heavy atom. The summed E-state index contributed by atoms with van der Waals surface area (Å²) in [7, 11) is 0. The number of nitrogens with zero attached hydrogens (tertiary/aromatic N) is 3. The van der Waals surface area contributed by atoms with E-state index in [1.165, 1.54) is 0 Å². The van der Waals surface area contributed by atoms with Gasteiger partial charge >= 0.3 is 0 Å². The molecule has 0 aliphatic carbocycles. The smallest absolute Gasteiger partial charge is 0.0967 e. The molecule has 2 aromatic rings. The van der Waals surface area contributed by atoms with Crippen LogP contribution in [0.4, 0.5) is 0 Å². The fourth-order valence-electron chi connectivity index (χ4n) is 1.19. The zero-order valence-corrected chi connectivity index (χ0v) is 9.20. The Bertz CT molecular complexity index is 460. The summed E-state index contributed by atoms with van der Waals surface area (Å²) in [5.74, 6) is 0. The Balaban J connectivity index is 2.44. The molecule has 0 spiro atoms. The first-order valence-corrected chi connectivity index (χ1v) is 5.02. The Kier molecular flexibility index (Phi) is 2.90. The second kappa shape index (κ2) is 4.18. The van der Waals surface area contributed by atoms with E-state index in [4.69, 9.17) is 28.9 Å². The summed E-state index contributed by atoms with van der Waals surface area (Å²) < 4.78 is 1.58. The average molecular weight is 243 g/mol. The van der Waals surface area contributed by atoms with E-state index in [1.807, 2.05) is 0 Å². The highest BCUT2D eigenvalue weighted by molar-refractivity contribution is 6.34. The van der Waals surface area contributed by atoms with Gasteiger partial charge < -0.3 is 5.73 Å². The van der Waals surface area contributed by atoms with E-state index >= 15 is 0 Å². The van der Waals surface area contributed by atoms with E-state index in [-0.39, 0.29) is 0 Å². The molecule has 2 rings (SSSR count). The number of benzene rings is 1. The molecule has 1 aromatic heterocycles. The first-order valence-electron chi connectivity index (χ1n) is 4.27. The van der Waals surface area contributed by atoms with E-state index in [0.717, 1.165) is 5.69 Å². The van der Waals surface area contributed by atoms with Gasteiger partial charge in [0.05, 0.1) is 17.6 Å². The van der Waals surface area contributed by atoms with E-state index in [0.29, 0.717) is 22.3 Å². The van der Waals surface area contributed by atoms with Gasteiger partial charge in [-0.3, -0.25) is 0 Å². The van der Waals surface area contributed by atoms with Gasteiger partial charge in [-0.15, -0.1) is 5.10 Å². The molecule has 0 saturated heterocycles. The van der Waals surface area contributed by atoms with E-state index in [1.54, 1.807) is 29.1 Å². The van der Waals surface area contributed by atoms with E-state index in [2.05, 4.69) is 10.3 Å². The van der Waals surface area contributed by atoms with E-state index < -0.39 is 0 Å². The minimum Gasteiger partial charge on any atom is -0.325 e. The molecule has 0 fully saturated rings. The second-order valence-electron chi connectivity index (χ2n) is 2.99. The Hall–Kier alpha value is -1.10. The van der Waals surface area contributed by atoms with Crippen molar-refractivity contribution in [2.24, 2.45) is 5.73 Å². The van der Waals surface area contributed by atoms with Crippen LogP contribution in [-0.2, 0) is 6.54 Å². The minimum absolute atomic E-state index is 0.355. The molecular formula is C9H8Cl2N4. The van der Waals surface area contributed by atoms with Crippen molar-refractivity contribution in [3.63, 3.8) is 0 Å². The lowest BCUT2D eigenvalue weighted by Crippen LogP contribution is -1.96. The van der Waals surface area contributed by atoms with Crippen molar-refractivity contribution in [2.45, 2.75) is 6.54 Å². The van der Waals surface area contributed by atoms with Crippen LogP contribution < -0.4 is 5.73 Å². The zero-order valence-electron chi connectivity index (χ0n) is 7.69. The van der Waals surface area contributed by atoms with Gasteiger partial charge in [0.1, 0.15) is 0 Å².